The van der Waals surface area contributed by atoms with Crippen molar-refractivity contribution in [1.82, 2.24) is 9.80 Å². The fourth-order valence-electron chi connectivity index (χ4n) is 5.59. The van der Waals surface area contributed by atoms with Crippen molar-refractivity contribution in [1.29, 1.82) is 0 Å². The number of ether oxygens (including phenoxy) is 1. The first-order valence-electron chi connectivity index (χ1n) is 13.9. The topological polar surface area (TPSA) is 22.2 Å². The molecule has 0 spiro atoms. The molecule has 5 nitrogen and oxygen atoms in total. The highest BCUT2D eigenvalue weighted by Gasteiger charge is 2.16. The molecular weight excluding hydrogens is 456 g/mol. The van der Waals surface area contributed by atoms with Crippen LogP contribution in [0.3, 0.4) is 0 Å². The van der Waals surface area contributed by atoms with Crippen LogP contribution in [0.4, 0.5) is 11.4 Å². The minimum Gasteiger partial charge on any atom is -0.497 e. The summed E-state index contributed by atoms with van der Waals surface area (Å²) in [4.78, 5) is 10.0. The zero-order valence-electron chi connectivity index (χ0n) is 22.6. The molecule has 0 aromatic heterocycles. The lowest BCUT2D eigenvalue weighted by Crippen LogP contribution is -2.44. The predicted octanol–water partition coefficient (Wildman–Crippen LogP) is 5.64. The number of piperidine rings is 1. The maximum Gasteiger partial charge on any atom is 0.119 e. The Bertz CT molecular complexity index is 1130. The molecule has 0 saturated carbocycles. The van der Waals surface area contributed by atoms with Crippen LogP contribution in [0.2, 0.25) is 0 Å². The van der Waals surface area contributed by atoms with Crippen LogP contribution in [0.15, 0.2) is 72.8 Å². The molecule has 3 aromatic rings. The van der Waals surface area contributed by atoms with E-state index in [2.05, 4.69) is 93.4 Å². The molecule has 0 amide bonds. The highest BCUT2D eigenvalue weighted by Crippen LogP contribution is 2.26. The van der Waals surface area contributed by atoms with Gasteiger partial charge in [-0.1, -0.05) is 42.8 Å². The minimum absolute atomic E-state index is 0.836. The van der Waals surface area contributed by atoms with Crippen LogP contribution in [0, 0.1) is 0 Å². The number of likely N-dealkylation sites (tertiary alicyclic amines) is 1. The molecule has 0 unspecified atom stereocenters. The van der Waals surface area contributed by atoms with Gasteiger partial charge in [-0.3, -0.25) is 4.90 Å². The molecule has 196 valence electrons. The van der Waals surface area contributed by atoms with E-state index in [9.17, 15) is 0 Å². The quantitative estimate of drug-likeness (QED) is 0.380. The van der Waals surface area contributed by atoms with Crippen molar-refractivity contribution in [3.8, 4) is 5.75 Å². The maximum absolute atomic E-state index is 5.52. The van der Waals surface area contributed by atoms with Crippen molar-refractivity contribution in [2.24, 2.45) is 0 Å². The van der Waals surface area contributed by atoms with Crippen molar-refractivity contribution in [2.45, 2.75) is 38.9 Å². The van der Waals surface area contributed by atoms with E-state index in [0.717, 1.165) is 51.6 Å². The Balaban J connectivity index is 1.38. The predicted molar refractivity (Wildman–Crippen MR) is 155 cm³/mol. The number of hydrogen-bond acceptors (Lipinski definition) is 5. The van der Waals surface area contributed by atoms with Crippen LogP contribution < -0.4 is 14.5 Å². The van der Waals surface area contributed by atoms with Gasteiger partial charge in [0.15, 0.2) is 0 Å². The number of anilines is 2. The van der Waals surface area contributed by atoms with Crippen molar-refractivity contribution < 1.29 is 4.74 Å². The van der Waals surface area contributed by atoms with Crippen LogP contribution in [0.1, 0.15) is 36.0 Å². The molecule has 2 saturated heterocycles. The Morgan fingerprint density at radius 3 is 2.14 bits per heavy atom. The van der Waals surface area contributed by atoms with Gasteiger partial charge in [-0.15, -0.1) is 0 Å². The van der Waals surface area contributed by atoms with E-state index < -0.39 is 0 Å². The van der Waals surface area contributed by atoms with Crippen molar-refractivity contribution in [3.05, 3.63) is 89.5 Å². The summed E-state index contributed by atoms with van der Waals surface area (Å²) in [6, 6.07) is 26.8. The van der Waals surface area contributed by atoms with Crippen LogP contribution >= 0.6 is 0 Å². The van der Waals surface area contributed by atoms with E-state index in [4.69, 9.17) is 4.74 Å². The maximum atomic E-state index is 5.52. The van der Waals surface area contributed by atoms with Crippen LogP contribution in [0.25, 0.3) is 0 Å². The number of rotatable bonds is 9. The van der Waals surface area contributed by atoms with E-state index in [0.29, 0.717) is 0 Å². The molecule has 5 heteroatoms. The highest BCUT2D eigenvalue weighted by atomic mass is 16.5. The smallest absolute Gasteiger partial charge is 0.119 e. The summed E-state index contributed by atoms with van der Waals surface area (Å²) in [5.74, 6) is 0.911. The van der Waals surface area contributed by atoms with Gasteiger partial charge >= 0.3 is 0 Å². The normalized spacial score (nSPS) is 17.1. The summed E-state index contributed by atoms with van der Waals surface area (Å²) in [5, 5.41) is 0. The van der Waals surface area contributed by atoms with Crippen molar-refractivity contribution in [2.75, 3.05) is 63.2 Å². The molecule has 2 heterocycles. The fraction of sp³-hybridized carbons (Fsp3) is 0.438. The second-order valence-corrected chi connectivity index (χ2v) is 10.7. The third kappa shape index (κ3) is 7.06. The third-order valence-corrected chi connectivity index (χ3v) is 7.79. The summed E-state index contributed by atoms with van der Waals surface area (Å²) < 4.78 is 5.52. The number of piperazine rings is 1. The van der Waals surface area contributed by atoms with Gasteiger partial charge in [0.1, 0.15) is 5.75 Å². The summed E-state index contributed by atoms with van der Waals surface area (Å²) >= 11 is 0. The fourth-order valence-corrected chi connectivity index (χ4v) is 5.59. The first-order valence-corrected chi connectivity index (χ1v) is 13.9. The highest BCUT2D eigenvalue weighted by molar-refractivity contribution is 5.53. The van der Waals surface area contributed by atoms with Gasteiger partial charge in [0, 0.05) is 57.2 Å². The summed E-state index contributed by atoms with van der Waals surface area (Å²) in [5.41, 5.74) is 6.63. The number of nitrogens with zero attached hydrogens (tertiary/aromatic N) is 4. The molecule has 0 atom stereocenters. The number of methoxy groups -OCH3 is 1. The Labute approximate surface area is 223 Å². The average molecular weight is 499 g/mol. The van der Waals surface area contributed by atoms with Gasteiger partial charge in [-0.25, -0.2) is 0 Å². The lowest BCUT2D eigenvalue weighted by atomic mass is 10.1. The van der Waals surface area contributed by atoms with Gasteiger partial charge in [-0.05, 0) is 86.1 Å². The molecule has 0 bridgehead atoms. The Kier molecular flexibility index (Phi) is 8.64. The monoisotopic (exact) mass is 498 g/mol. The Morgan fingerprint density at radius 2 is 1.38 bits per heavy atom. The van der Waals surface area contributed by atoms with Gasteiger partial charge in [0.25, 0.3) is 0 Å². The molecule has 2 fully saturated rings. The molecule has 3 aromatic carbocycles. The van der Waals surface area contributed by atoms with E-state index >= 15 is 0 Å². The van der Waals surface area contributed by atoms with Gasteiger partial charge in [0.05, 0.1) is 7.11 Å². The average Bonchev–Trinajstić information content (AvgIpc) is 2.94. The molecule has 2 aliphatic rings. The standard InChI is InChI=1S/C32H42N4O/c1-33-17-19-35(20-18-33)30-12-7-10-28(22-30)25-36(26-29-11-8-14-32(23-29)37-2)31-13-6-9-27(21-31)24-34-15-4-3-5-16-34/h6-14,21-23H,3-5,15-20,24-26H2,1-2H3. The number of likely N-dealkylation sites (N-methyl/N-ethyl adjacent to an activating group) is 1. The number of hydrogen-bond donors (Lipinski definition) is 0. The van der Waals surface area contributed by atoms with E-state index in [-0.39, 0.29) is 0 Å². The number of benzene rings is 3. The molecule has 2 aliphatic heterocycles. The first kappa shape index (κ1) is 25.6. The molecule has 37 heavy (non-hydrogen) atoms. The van der Waals surface area contributed by atoms with Crippen molar-refractivity contribution in [3.63, 3.8) is 0 Å². The van der Waals surface area contributed by atoms with Crippen LogP contribution in [-0.4, -0.2) is 63.2 Å². The Hall–Kier alpha value is -3.02. The van der Waals surface area contributed by atoms with E-state index in [1.165, 1.54) is 60.4 Å². The van der Waals surface area contributed by atoms with E-state index in [1.54, 1.807) is 7.11 Å². The second kappa shape index (κ2) is 12.5. The molecule has 0 N–H and O–H groups in total. The summed E-state index contributed by atoms with van der Waals surface area (Å²) in [6.07, 6.45) is 4.02. The zero-order valence-corrected chi connectivity index (χ0v) is 22.6. The van der Waals surface area contributed by atoms with Gasteiger partial charge < -0.3 is 19.4 Å². The van der Waals surface area contributed by atoms with Crippen molar-refractivity contribution >= 4 is 11.4 Å². The molecule has 5 rings (SSSR count). The first-order chi connectivity index (χ1) is 18.2. The third-order valence-electron chi connectivity index (χ3n) is 7.79. The molecule has 0 aliphatic carbocycles. The van der Waals surface area contributed by atoms with Crippen LogP contribution in [0.5, 0.6) is 5.75 Å². The second-order valence-electron chi connectivity index (χ2n) is 10.7. The minimum atomic E-state index is 0.836. The van der Waals surface area contributed by atoms with Gasteiger partial charge in [0.2, 0.25) is 0 Å². The SMILES string of the molecule is COc1cccc(CN(Cc2cccc(N3CCN(C)CC3)c2)c2cccc(CN3CCCCC3)c2)c1. The largest absolute Gasteiger partial charge is 0.497 e. The van der Waals surface area contributed by atoms with Crippen LogP contribution in [-0.2, 0) is 19.6 Å². The van der Waals surface area contributed by atoms with E-state index in [1.807, 2.05) is 6.07 Å². The molecular formula is C32H42N4O. The summed E-state index contributed by atoms with van der Waals surface area (Å²) in [6.45, 7) is 9.60. The zero-order chi connectivity index (χ0) is 25.5. The lowest BCUT2D eigenvalue weighted by Gasteiger charge is -2.34. The lowest BCUT2D eigenvalue weighted by molar-refractivity contribution is 0.221. The van der Waals surface area contributed by atoms with Gasteiger partial charge in [-0.2, -0.15) is 0 Å². The molecule has 0 radical (unpaired) electrons. The Morgan fingerprint density at radius 1 is 0.703 bits per heavy atom. The summed E-state index contributed by atoms with van der Waals surface area (Å²) in [7, 11) is 3.95.